The maximum atomic E-state index is 9.14. The number of aryl methyl sites for hydroxylation is 1. The molecule has 0 atom stereocenters. The molecular weight excluding hydrogens is 276 g/mol. The highest BCUT2D eigenvalue weighted by atomic mass is 35.5. The zero-order valence-electron chi connectivity index (χ0n) is 11.0. The number of nitrogens with two attached hydrogens (primary N) is 1. The van der Waals surface area contributed by atoms with E-state index < -0.39 is 0 Å². The van der Waals surface area contributed by atoms with E-state index in [1.54, 1.807) is 0 Å². The Morgan fingerprint density at radius 3 is 2.74 bits per heavy atom. The highest BCUT2D eigenvalue weighted by Gasteiger charge is 2.17. The summed E-state index contributed by atoms with van der Waals surface area (Å²) < 4.78 is 0. The normalized spacial score (nSPS) is 10.4. The van der Waals surface area contributed by atoms with Gasteiger partial charge in [-0.3, -0.25) is 0 Å². The van der Waals surface area contributed by atoms with E-state index in [4.69, 9.17) is 22.6 Å². The molecule has 2 nitrogen and oxygen atoms in total. The van der Waals surface area contributed by atoms with Crippen LogP contribution in [0.2, 0.25) is 5.02 Å². The second-order valence-electron chi connectivity index (χ2n) is 4.47. The second kappa shape index (κ2) is 5.64. The van der Waals surface area contributed by atoms with Gasteiger partial charge in [-0.15, -0.1) is 11.3 Å². The molecule has 0 saturated heterocycles. The van der Waals surface area contributed by atoms with Gasteiger partial charge < -0.3 is 5.73 Å². The monoisotopic (exact) mass is 290 g/mol. The van der Waals surface area contributed by atoms with Gasteiger partial charge in [-0.2, -0.15) is 5.26 Å². The first-order valence-electron chi connectivity index (χ1n) is 6.16. The van der Waals surface area contributed by atoms with Gasteiger partial charge in [-0.1, -0.05) is 31.0 Å². The van der Waals surface area contributed by atoms with E-state index in [0.29, 0.717) is 10.6 Å². The molecule has 0 aliphatic rings. The molecule has 0 amide bonds. The van der Waals surface area contributed by atoms with Crippen molar-refractivity contribution in [2.24, 2.45) is 0 Å². The summed E-state index contributed by atoms with van der Waals surface area (Å²) in [5.74, 6) is 0. The van der Waals surface area contributed by atoms with Crippen molar-refractivity contribution in [2.45, 2.75) is 26.7 Å². The number of nitriles is 1. The molecule has 1 aromatic carbocycles. The van der Waals surface area contributed by atoms with Gasteiger partial charge in [-0.05, 0) is 42.2 Å². The van der Waals surface area contributed by atoms with Gasteiger partial charge in [-0.25, -0.2) is 0 Å². The molecule has 0 fully saturated rings. The Labute approximate surface area is 122 Å². The molecule has 2 aromatic rings. The molecular formula is C15H15ClN2S. The van der Waals surface area contributed by atoms with E-state index in [2.05, 4.69) is 13.0 Å². The van der Waals surface area contributed by atoms with Crippen LogP contribution in [0.25, 0.3) is 10.4 Å². The number of rotatable bonds is 3. The first kappa shape index (κ1) is 13.9. The fourth-order valence-electron chi connectivity index (χ4n) is 2.16. The number of anilines is 1. The molecule has 98 valence electrons. The number of benzene rings is 1. The van der Waals surface area contributed by atoms with Crippen LogP contribution in [0.5, 0.6) is 0 Å². The maximum absolute atomic E-state index is 9.14. The average molecular weight is 291 g/mol. The van der Waals surface area contributed by atoms with Gasteiger partial charge in [0.1, 0.15) is 10.9 Å². The smallest absolute Gasteiger partial charge is 0.128 e. The van der Waals surface area contributed by atoms with Crippen LogP contribution in [0.4, 0.5) is 5.69 Å². The summed E-state index contributed by atoms with van der Waals surface area (Å²) in [6, 6.07) is 8.00. The van der Waals surface area contributed by atoms with Crippen LogP contribution in [-0.2, 0) is 6.42 Å². The Hall–Kier alpha value is -1.50. The van der Waals surface area contributed by atoms with E-state index in [9.17, 15) is 0 Å². The number of nitrogen functional groups attached to an aromatic ring is 1. The molecule has 0 saturated carbocycles. The minimum atomic E-state index is 0.604. The zero-order valence-corrected chi connectivity index (χ0v) is 12.5. The third-order valence-corrected chi connectivity index (χ3v) is 4.50. The van der Waals surface area contributed by atoms with Gasteiger partial charge in [0.25, 0.3) is 0 Å². The van der Waals surface area contributed by atoms with E-state index in [1.165, 1.54) is 11.3 Å². The number of hydrogen-bond acceptors (Lipinski definition) is 3. The van der Waals surface area contributed by atoms with Crippen LogP contribution in [0.1, 0.15) is 29.3 Å². The van der Waals surface area contributed by atoms with Crippen molar-refractivity contribution >= 4 is 28.6 Å². The van der Waals surface area contributed by atoms with Crippen molar-refractivity contribution < 1.29 is 0 Å². The van der Waals surface area contributed by atoms with Crippen LogP contribution < -0.4 is 5.73 Å². The summed E-state index contributed by atoms with van der Waals surface area (Å²) in [5, 5.41) is 9.87. The number of hydrogen-bond donors (Lipinski definition) is 1. The quantitative estimate of drug-likeness (QED) is 0.884. The molecule has 2 rings (SSSR count). The maximum Gasteiger partial charge on any atom is 0.128 e. The van der Waals surface area contributed by atoms with E-state index >= 15 is 0 Å². The predicted octanol–water partition coefficient (Wildman–Crippen LogP) is 4.78. The molecule has 2 N–H and O–H groups in total. The minimum absolute atomic E-state index is 0.604. The van der Waals surface area contributed by atoms with Gasteiger partial charge in [0.2, 0.25) is 0 Å². The lowest BCUT2D eigenvalue weighted by Gasteiger charge is -2.07. The highest BCUT2D eigenvalue weighted by molar-refractivity contribution is 7.16. The van der Waals surface area contributed by atoms with Crippen molar-refractivity contribution in [2.75, 3.05) is 5.73 Å². The summed E-state index contributed by atoms with van der Waals surface area (Å²) in [6.45, 7) is 4.14. The summed E-state index contributed by atoms with van der Waals surface area (Å²) in [6.07, 6.45) is 1.90. The highest BCUT2D eigenvalue weighted by Crippen LogP contribution is 2.40. The Bertz CT molecular complexity index is 653. The van der Waals surface area contributed by atoms with Gasteiger partial charge in [0, 0.05) is 9.90 Å². The zero-order chi connectivity index (χ0) is 14.0. The Morgan fingerprint density at radius 2 is 2.16 bits per heavy atom. The lowest BCUT2D eigenvalue weighted by Crippen LogP contribution is -1.93. The summed E-state index contributed by atoms with van der Waals surface area (Å²) in [4.78, 5) is 1.71. The Kier molecular flexibility index (Phi) is 4.14. The summed E-state index contributed by atoms with van der Waals surface area (Å²) >= 11 is 7.47. The SMILES string of the molecule is CCCc1c(-c2ccc(Cl)cc2C)sc(C#N)c1N. The van der Waals surface area contributed by atoms with Crippen molar-refractivity contribution in [1.29, 1.82) is 5.26 Å². The summed E-state index contributed by atoms with van der Waals surface area (Å²) in [7, 11) is 0. The van der Waals surface area contributed by atoms with E-state index in [1.807, 2.05) is 25.1 Å². The standard InChI is InChI=1S/C15H15ClN2S/c1-3-4-12-14(18)13(8-17)19-15(12)11-6-5-10(16)7-9(11)2/h5-7H,3-4,18H2,1-2H3. The number of nitrogens with zero attached hydrogens (tertiary/aromatic N) is 1. The van der Waals surface area contributed by atoms with Crippen LogP contribution in [-0.4, -0.2) is 0 Å². The molecule has 0 bridgehead atoms. The second-order valence-corrected chi connectivity index (χ2v) is 5.93. The van der Waals surface area contributed by atoms with Crippen LogP contribution in [0.15, 0.2) is 18.2 Å². The minimum Gasteiger partial charge on any atom is -0.397 e. The summed E-state index contributed by atoms with van der Waals surface area (Å²) in [5.41, 5.74) is 10.0. The van der Waals surface area contributed by atoms with Crippen molar-refractivity contribution in [3.8, 4) is 16.5 Å². The third kappa shape index (κ3) is 2.60. The Morgan fingerprint density at radius 1 is 1.42 bits per heavy atom. The lowest BCUT2D eigenvalue weighted by atomic mass is 10.0. The average Bonchev–Trinajstić information content (AvgIpc) is 2.68. The molecule has 0 aliphatic carbocycles. The van der Waals surface area contributed by atoms with Gasteiger partial charge in [0.05, 0.1) is 5.69 Å². The van der Waals surface area contributed by atoms with Crippen LogP contribution in [0, 0.1) is 18.3 Å². The third-order valence-electron chi connectivity index (χ3n) is 3.08. The van der Waals surface area contributed by atoms with Crippen molar-refractivity contribution in [3.05, 3.63) is 39.2 Å². The van der Waals surface area contributed by atoms with Crippen LogP contribution in [0.3, 0.4) is 0 Å². The van der Waals surface area contributed by atoms with E-state index in [-0.39, 0.29) is 0 Å². The van der Waals surface area contributed by atoms with Crippen molar-refractivity contribution in [3.63, 3.8) is 0 Å². The fraction of sp³-hybridized carbons (Fsp3) is 0.267. The lowest BCUT2D eigenvalue weighted by molar-refractivity contribution is 0.929. The number of thiophene rings is 1. The molecule has 0 unspecified atom stereocenters. The predicted molar refractivity (Wildman–Crippen MR) is 82.6 cm³/mol. The molecule has 1 aromatic heterocycles. The first-order valence-corrected chi connectivity index (χ1v) is 7.35. The van der Waals surface area contributed by atoms with Crippen molar-refractivity contribution in [1.82, 2.24) is 0 Å². The topological polar surface area (TPSA) is 49.8 Å². The van der Waals surface area contributed by atoms with Gasteiger partial charge in [0.15, 0.2) is 0 Å². The Balaban J connectivity index is 2.64. The fourth-order valence-corrected chi connectivity index (χ4v) is 3.54. The first-order chi connectivity index (χ1) is 9.08. The largest absolute Gasteiger partial charge is 0.397 e. The van der Waals surface area contributed by atoms with Crippen LogP contribution >= 0.6 is 22.9 Å². The molecule has 19 heavy (non-hydrogen) atoms. The molecule has 1 heterocycles. The van der Waals surface area contributed by atoms with E-state index in [0.717, 1.165) is 39.4 Å². The van der Waals surface area contributed by atoms with Gasteiger partial charge >= 0.3 is 0 Å². The molecule has 0 radical (unpaired) electrons. The molecule has 0 aliphatic heterocycles. The number of halogens is 1. The molecule has 0 spiro atoms. The molecule has 4 heteroatoms.